The molecule has 1 N–H and O–H groups in total. The van der Waals surface area contributed by atoms with Gasteiger partial charge in [-0.25, -0.2) is 10.4 Å². The van der Waals surface area contributed by atoms with Gasteiger partial charge in [-0.05, 0) is 84.8 Å². The van der Waals surface area contributed by atoms with Gasteiger partial charge in [0.15, 0.2) is 16.7 Å². The second-order valence-electron chi connectivity index (χ2n) is 10.2. The fraction of sp³-hybridized carbons (Fsp3) is 0.212. The zero-order valence-electron chi connectivity index (χ0n) is 23.9. The van der Waals surface area contributed by atoms with E-state index in [0.29, 0.717) is 34.3 Å². The number of aromatic nitrogens is 2. The van der Waals surface area contributed by atoms with Crippen LogP contribution in [0.25, 0.3) is 15.9 Å². The monoisotopic (exact) mass is 688 g/mol. The van der Waals surface area contributed by atoms with E-state index in [9.17, 15) is 9.59 Å². The fourth-order valence-corrected chi connectivity index (χ4v) is 7.43. The highest BCUT2D eigenvalue weighted by atomic mass is 79.9. The SMILES string of the molecule is COc1cc(C=NNC(=O)CSc2nc3sc4c(c3c(=O)n2-c2ccc(Br)cc2)CCCC4)ccc1OCc1ccccc1. The molecule has 2 aromatic heterocycles. The summed E-state index contributed by atoms with van der Waals surface area (Å²) in [5.41, 5.74) is 6.11. The number of fused-ring (bicyclic) bond motifs is 3. The first-order valence-electron chi connectivity index (χ1n) is 14.1. The van der Waals surface area contributed by atoms with Crippen molar-refractivity contribution in [3.63, 3.8) is 0 Å². The number of carbonyl (C=O) groups is 1. The minimum absolute atomic E-state index is 0.0342. The van der Waals surface area contributed by atoms with E-state index >= 15 is 0 Å². The molecular weight excluding hydrogens is 660 g/mol. The molecule has 0 radical (unpaired) electrons. The molecule has 6 rings (SSSR count). The highest BCUT2D eigenvalue weighted by molar-refractivity contribution is 9.10. The molecule has 44 heavy (non-hydrogen) atoms. The van der Waals surface area contributed by atoms with Gasteiger partial charge in [-0.3, -0.25) is 14.2 Å². The Morgan fingerprint density at radius 3 is 2.68 bits per heavy atom. The molecule has 0 unspecified atom stereocenters. The molecule has 8 nitrogen and oxygen atoms in total. The number of ether oxygens (including phenoxy) is 2. The molecule has 0 aliphatic heterocycles. The number of aryl methyl sites for hydroxylation is 2. The van der Waals surface area contributed by atoms with E-state index in [1.54, 1.807) is 35.3 Å². The maximum absolute atomic E-state index is 13.9. The molecule has 0 atom stereocenters. The Bertz CT molecular complexity index is 1890. The van der Waals surface area contributed by atoms with Crippen molar-refractivity contribution in [2.24, 2.45) is 5.10 Å². The quantitative estimate of drug-likeness (QED) is 0.0741. The topological polar surface area (TPSA) is 94.8 Å². The van der Waals surface area contributed by atoms with Gasteiger partial charge in [0.05, 0.1) is 30.2 Å². The van der Waals surface area contributed by atoms with Crippen molar-refractivity contribution in [2.75, 3.05) is 12.9 Å². The third kappa shape index (κ3) is 6.74. The van der Waals surface area contributed by atoms with Crippen LogP contribution in [0.5, 0.6) is 11.5 Å². The zero-order valence-corrected chi connectivity index (χ0v) is 27.1. The summed E-state index contributed by atoms with van der Waals surface area (Å²) in [6, 6.07) is 22.9. The Hall–Kier alpha value is -3.93. The van der Waals surface area contributed by atoms with Crippen molar-refractivity contribution in [3.8, 4) is 17.2 Å². The first-order valence-corrected chi connectivity index (χ1v) is 16.7. The van der Waals surface area contributed by atoms with Gasteiger partial charge in [0.1, 0.15) is 11.4 Å². The van der Waals surface area contributed by atoms with E-state index in [0.717, 1.165) is 51.7 Å². The van der Waals surface area contributed by atoms with Crippen molar-refractivity contribution in [3.05, 3.63) is 109 Å². The van der Waals surface area contributed by atoms with Crippen LogP contribution in [0, 0.1) is 0 Å². The molecule has 5 aromatic rings. The van der Waals surface area contributed by atoms with Gasteiger partial charge in [-0.1, -0.05) is 58.0 Å². The highest BCUT2D eigenvalue weighted by Gasteiger charge is 2.23. The lowest BCUT2D eigenvalue weighted by Gasteiger charge is -2.13. The van der Waals surface area contributed by atoms with E-state index in [1.165, 1.54) is 16.6 Å². The Morgan fingerprint density at radius 1 is 1.09 bits per heavy atom. The predicted molar refractivity (Wildman–Crippen MR) is 180 cm³/mol. The van der Waals surface area contributed by atoms with Crippen LogP contribution in [0.4, 0.5) is 0 Å². The molecule has 0 saturated heterocycles. The van der Waals surface area contributed by atoms with Crippen LogP contribution >= 0.6 is 39.0 Å². The molecule has 1 aliphatic rings. The molecule has 224 valence electrons. The summed E-state index contributed by atoms with van der Waals surface area (Å²) in [4.78, 5) is 33.6. The minimum Gasteiger partial charge on any atom is -0.493 e. The number of nitrogens with one attached hydrogen (secondary N) is 1. The maximum atomic E-state index is 13.9. The van der Waals surface area contributed by atoms with Gasteiger partial charge in [0, 0.05) is 9.35 Å². The summed E-state index contributed by atoms with van der Waals surface area (Å²) in [6.07, 6.45) is 5.63. The summed E-state index contributed by atoms with van der Waals surface area (Å²) < 4.78 is 13.9. The second kappa shape index (κ2) is 13.8. The fourth-order valence-electron chi connectivity index (χ4n) is 5.06. The number of benzene rings is 3. The number of hydrogen-bond donors (Lipinski definition) is 1. The van der Waals surface area contributed by atoms with Crippen molar-refractivity contribution in [1.82, 2.24) is 15.0 Å². The lowest BCUT2D eigenvalue weighted by atomic mass is 9.97. The largest absolute Gasteiger partial charge is 0.493 e. The number of hydrazone groups is 1. The number of methoxy groups -OCH3 is 1. The summed E-state index contributed by atoms with van der Waals surface area (Å²) >= 11 is 6.28. The van der Waals surface area contributed by atoms with Crippen LogP contribution in [0.1, 0.15) is 34.4 Å². The van der Waals surface area contributed by atoms with Gasteiger partial charge in [-0.15, -0.1) is 11.3 Å². The van der Waals surface area contributed by atoms with Gasteiger partial charge in [-0.2, -0.15) is 5.10 Å². The van der Waals surface area contributed by atoms with Gasteiger partial charge in [0.25, 0.3) is 11.5 Å². The number of rotatable bonds is 10. The maximum Gasteiger partial charge on any atom is 0.267 e. The van der Waals surface area contributed by atoms with Gasteiger partial charge in [0.2, 0.25) is 0 Å². The third-order valence-corrected chi connectivity index (χ3v) is 9.86. The van der Waals surface area contributed by atoms with Crippen LogP contribution < -0.4 is 20.5 Å². The molecule has 3 aromatic carbocycles. The van der Waals surface area contributed by atoms with Crippen LogP contribution in [0.2, 0.25) is 0 Å². The van der Waals surface area contributed by atoms with Crippen molar-refractivity contribution in [2.45, 2.75) is 37.4 Å². The number of amides is 1. The first kappa shape index (κ1) is 30.1. The summed E-state index contributed by atoms with van der Waals surface area (Å²) in [6.45, 7) is 0.421. The summed E-state index contributed by atoms with van der Waals surface area (Å²) in [7, 11) is 1.58. The Kier molecular flexibility index (Phi) is 9.44. The smallest absolute Gasteiger partial charge is 0.267 e. The van der Waals surface area contributed by atoms with Crippen LogP contribution in [0.15, 0.2) is 92.3 Å². The van der Waals surface area contributed by atoms with Crippen LogP contribution in [-0.2, 0) is 24.2 Å². The zero-order chi connectivity index (χ0) is 30.5. The number of thiophene rings is 1. The molecule has 0 spiro atoms. The molecule has 1 aliphatic carbocycles. The first-order chi connectivity index (χ1) is 21.5. The van der Waals surface area contributed by atoms with Crippen molar-refractivity contribution in [1.29, 1.82) is 0 Å². The van der Waals surface area contributed by atoms with Crippen molar-refractivity contribution < 1.29 is 14.3 Å². The summed E-state index contributed by atoms with van der Waals surface area (Å²) in [5.74, 6) is 0.895. The summed E-state index contributed by atoms with van der Waals surface area (Å²) in [5, 5.41) is 5.31. The number of hydrogen-bond acceptors (Lipinski definition) is 8. The normalized spacial score (nSPS) is 12.8. The number of nitrogens with zero attached hydrogens (tertiary/aromatic N) is 3. The van der Waals surface area contributed by atoms with Gasteiger partial charge < -0.3 is 9.47 Å². The number of thioether (sulfide) groups is 1. The number of halogens is 1. The lowest BCUT2D eigenvalue weighted by molar-refractivity contribution is -0.118. The van der Waals surface area contributed by atoms with E-state index in [2.05, 4.69) is 26.5 Å². The van der Waals surface area contributed by atoms with Gasteiger partial charge >= 0.3 is 0 Å². The molecule has 0 saturated carbocycles. The lowest BCUT2D eigenvalue weighted by Crippen LogP contribution is -2.24. The molecule has 0 bridgehead atoms. The average Bonchev–Trinajstić information content (AvgIpc) is 3.43. The minimum atomic E-state index is -0.316. The van der Waals surface area contributed by atoms with E-state index in [1.807, 2.05) is 66.7 Å². The van der Waals surface area contributed by atoms with Crippen LogP contribution in [0.3, 0.4) is 0 Å². The second-order valence-corrected chi connectivity index (χ2v) is 13.1. The molecule has 1 amide bonds. The standard InChI is InChI=1S/C33H29BrN4O4S2/c1-41-27-17-22(11-16-26(27)42-19-21-7-3-2-4-8-21)18-35-37-29(39)20-43-33-36-31-30(25-9-5-6-10-28(25)44-31)32(40)38(33)24-14-12-23(34)13-15-24/h2-4,7-8,11-18H,5-6,9-10,19-20H2,1H3,(H,37,39). The Labute approximate surface area is 271 Å². The van der Waals surface area contributed by atoms with E-state index in [-0.39, 0.29) is 17.2 Å². The molecule has 11 heteroatoms. The molecular formula is C33H29BrN4O4S2. The van der Waals surface area contributed by atoms with Crippen molar-refractivity contribution >= 4 is 61.4 Å². The molecule has 2 heterocycles. The average molecular weight is 690 g/mol. The van der Waals surface area contributed by atoms with E-state index in [4.69, 9.17) is 14.5 Å². The predicted octanol–water partition coefficient (Wildman–Crippen LogP) is 6.92. The Balaban J connectivity index is 1.15. The van der Waals surface area contributed by atoms with Crippen LogP contribution in [-0.4, -0.2) is 34.5 Å². The highest BCUT2D eigenvalue weighted by Crippen LogP contribution is 2.35. The molecule has 0 fully saturated rings. The Morgan fingerprint density at radius 2 is 1.89 bits per heavy atom. The number of carbonyl (C=O) groups excluding carboxylic acids is 1. The van der Waals surface area contributed by atoms with E-state index < -0.39 is 0 Å². The third-order valence-electron chi connectivity index (χ3n) is 7.20.